The van der Waals surface area contributed by atoms with Crippen LogP contribution in [0.25, 0.3) is 0 Å². The molecule has 0 radical (unpaired) electrons. The summed E-state index contributed by atoms with van der Waals surface area (Å²) in [5, 5.41) is 0.272. The summed E-state index contributed by atoms with van der Waals surface area (Å²) in [7, 11) is -1.61. The molecule has 0 amide bonds. The van der Waals surface area contributed by atoms with E-state index in [0.717, 1.165) is 25.9 Å². The molecule has 0 unspecified atom stereocenters. The molecule has 1 fully saturated rings. The van der Waals surface area contributed by atoms with Gasteiger partial charge < -0.3 is 13.9 Å². The van der Waals surface area contributed by atoms with Crippen LogP contribution in [0.5, 0.6) is 0 Å². The van der Waals surface area contributed by atoms with Crippen molar-refractivity contribution in [3.8, 4) is 0 Å². The molecule has 21 heavy (non-hydrogen) atoms. The summed E-state index contributed by atoms with van der Waals surface area (Å²) in [6, 6.07) is 0. The fraction of sp³-hybridized carbons (Fsp3) is 0.938. The highest BCUT2D eigenvalue weighted by Crippen LogP contribution is 2.41. The number of carbonyl (C=O) groups excluding carboxylic acids is 1. The highest BCUT2D eigenvalue weighted by Gasteiger charge is 2.52. The maximum Gasteiger partial charge on any atom is 0.302 e. The van der Waals surface area contributed by atoms with E-state index in [1.807, 2.05) is 0 Å². The topological polar surface area (TPSA) is 48.1 Å². The third-order valence-corrected chi connectivity index (χ3v) is 9.35. The van der Waals surface area contributed by atoms with E-state index >= 15 is 0 Å². The molecule has 124 valence electrons. The minimum atomic E-state index is -1.61. The van der Waals surface area contributed by atoms with Gasteiger partial charge in [0.15, 0.2) is 8.32 Å². The number of ether oxygens (including phenoxy) is 2. The van der Waals surface area contributed by atoms with Crippen molar-refractivity contribution in [1.82, 2.24) is 0 Å². The highest BCUT2D eigenvalue weighted by atomic mass is 28.4. The number of carbonyl (C=O) groups is 1. The van der Waals surface area contributed by atoms with E-state index in [0.29, 0.717) is 6.61 Å². The number of hydrogen-bond donors (Lipinski definition) is 0. The molecule has 2 atom stereocenters. The summed E-state index contributed by atoms with van der Waals surface area (Å²) in [5.41, 5.74) is -0.105. The molecule has 1 aliphatic rings. The molecule has 0 aliphatic carbocycles. The molecule has 0 N–H and O–H groups in total. The molecule has 0 saturated carbocycles. The second kappa shape index (κ2) is 6.80. The lowest BCUT2D eigenvalue weighted by molar-refractivity contribution is -0.141. The fourth-order valence-corrected chi connectivity index (χ4v) is 3.12. The van der Waals surface area contributed by atoms with Crippen molar-refractivity contribution in [1.29, 1.82) is 0 Å². The zero-order valence-corrected chi connectivity index (χ0v) is 15.7. The third-order valence-electron chi connectivity index (χ3n) is 4.81. The van der Waals surface area contributed by atoms with E-state index in [2.05, 4.69) is 40.8 Å². The van der Waals surface area contributed by atoms with Crippen molar-refractivity contribution in [2.75, 3.05) is 13.2 Å². The van der Waals surface area contributed by atoms with Gasteiger partial charge in [0.1, 0.15) is 12.7 Å². The van der Waals surface area contributed by atoms with Crippen molar-refractivity contribution < 1.29 is 18.7 Å². The summed E-state index contributed by atoms with van der Waals surface area (Å²) in [6.45, 7) is 16.1. The van der Waals surface area contributed by atoms with E-state index in [-0.39, 0.29) is 22.7 Å². The smallest absolute Gasteiger partial charge is 0.302 e. The molecular weight excluding hydrogens is 284 g/mol. The number of hydrogen-bond acceptors (Lipinski definition) is 4. The van der Waals surface area contributed by atoms with E-state index < -0.39 is 8.32 Å². The third kappa shape index (κ3) is 5.72. The number of unbranched alkanes of at least 4 members (excludes halogenated alkanes) is 1. The van der Waals surface area contributed by atoms with Crippen LogP contribution < -0.4 is 0 Å². The summed E-state index contributed by atoms with van der Waals surface area (Å²) < 4.78 is 16.8. The van der Waals surface area contributed by atoms with Crippen LogP contribution in [0.15, 0.2) is 0 Å². The van der Waals surface area contributed by atoms with Crippen LogP contribution in [0.3, 0.4) is 0 Å². The quantitative estimate of drug-likeness (QED) is 0.295. The lowest BCUT2D eigenvalue weighted by Gasteiger charge is -2.36. The summed E-state index contributed by atoms with van der Waals surface area (Å²) >= 11 is 0. The Kier molecular flexibility index (Phi) is 6.04. The predicted octanol–water partition coefficient (Wildman–Crippen LogP) is 3.90. The predicted molar refractivity (Wildman–Crippen MR) is 86.9 cm³/mol. The Labute approximate surface area is 130 Å². The van der Waals surface area contributed by atoms with Crippen molar-refractivity contribution in [2.24, 2.45) is 0 Å². The van der Waals surface area contributed by atoms with E-state index in [1.165, 1.54) is 6.92 Å². The first kappa shape index (κ1) is 18.7. The maximum absolute atomic E-state index is 10.8. The van der Waals surface area contributed by atoms with Crippen LogP contribution >= 0.6 is 0 Å². The van der Waals surface area contributed by atoms with Crippen LogP contribution in [-0.2, 0) is 18.7 Å². The zero-order valence-electron chi connectivity index (χ0n) is 14.7. The van der Waals surface area contributed by atoms with Crippen LogP contribution in [0.4, 0.5) is 0 Å². The number of epoxide rings is 1. The summed E-state index contributed by atoms with van der Waals surface area (Å²) in [4.78, 5) is 10.8. The molecule has 0 spiro atoms. The normalized spacial score (nSPS) is 25.8. The minimum Gasteiger partial charge on any atom is -0.463 e. The number of rotatable bonds is 8. The Morgan fingerprint density at radius 2 is 1.90 bits per heavy atom. The molecule has 1 aliphatic heterocycles. The molecule has 0 aromatic carbocycles. The van der Waals surface area contributed by atoms with Crippen LogP contribution in [0.1, 0.15) is 53.9 Å². The van der Waals surface area contributed by atoms with Crippen molar-refractivity contribution in [3.63, 3.8) is 0 Å². The van der Waals surface area contributed by atoms with Gasteiger partial charge in [0.05, 0.1) is 5.60 Å². The Hall–Kier alpha value is -0.393. The van der Waals surface area contributed by atoms with E-state index in [1.54, 1.807) is 0 Å². The van der Waals surface area contributed by atoms with Crippen molar-refractivity contribution in [2.45, 2.75) is 83.7 Å². The average Bonchev–Trinajstić information content (AvgIpc) is 2.96. The van der Waals surface area contributed by atoms with Gasteiger partial charge in [-0.25, -0.2) is 0 Å². The van der Waals surface area contributed by atoms with Crippen LogP contribution in [-0.4, -0.2) is 39.2 Å². The van der Waals surface area contributed by atoms with Crippen molar-refractivity contribution in [3.05, 3.63) is 0 Å². The SMILES string of the molecule is CC(=O)OC[C@@H]1O[C@@]1(C)CCCCO[Si](C)(C)C(C)(C)C. The molecule has 0 bridgehead atoms. The Balaban J connectivity index is 2.14. The molecule has 5 heteroatoms. The average molecular weight is 317 g/mol. The second-order valence-electron chi connectivity index (χ2n) is 7.79. The highest BCUT2D eigenvalue weighted by molar-refractivity contribution is 6.74. The van der Waals surface area contributed by atoms with Crippen LogP contribution in [0, 0.1) is 0 Å². The molecule has 0 aromatic rings. The van der Waals surface area contributed by atoms with Gasteiger partial charge in [-0.3, -0.25) is 4.79 Å². The van der Waals surface area contributed by atoms with Gasteiger partial charge in [-0.2, -0.15) is 0 Å². The van der Waals surface area contributed by atoms with Crippen LogP contribution in [0.2, 0.25) is 18.1 Å². The first-order valence-electron chi connectivity index (χ1n) is 7.93. The molecular formula is C16H32O4Si. The monoisotopic (exact) mass is 316 g/mol. The lowest BCUT2D eigenvalue weighted by Crippen LogP contribution is -2.40. The van der Waals surface area contributed by atoms with E-state index in [4.69, 9.17) is 13.9 Å². The minimum absolute atomic E-state index is 0.0720. The Morgan fingerprint density at radius 3 is 2.43 bits per heavy atom. The first-order valence-corrected chi connectivity index (χ1v) is 10.8. The van der Waals surface area contributed by atoms with Gasteiger partial charge in [-0.05, 0) is 44.3 Å². The molecule has 1 saturated heterocycles. The van der Waals surface area contributed by atoms with Gasteiger partial charge >= 0.3 is 5.97 Å². The lowest BCUT2D eigenvalue weighted by atomic mass is 10.0. The van der Waals surface area contributed by atoms with E-state index in [9.17, 15) is 4.79 Å². The maximum atomic E-state index is 10.8. The second-order valence-corrected chi connectivity index (χ2v) is 12.6. The molecule has 4 nitrogen and oxygen atoms in total. The van der Waals surface area contributed by atoms with Gasteiger partial charge in [0.2, 0.25) is 0 Å². The van der Waals surface area contributed by atoms with Gasteiger partial charge in [0.25, 0.3) is 0 Å². The fourth-order valence-electron chi connectivity index (χ4n) is 2.04. The van der Waals surface area contributed by atoms with Gasteiger partial charge in [-0.1, -0.05) is 20.8 Å². The number of esters is 1. The molecule has 0 aromatic heterocycles. The van der Waals surface area contributed by atoms with Crippen molar-refractivity contribution >= 4 is 14.3 Å². The standard InChI is InChI=1S/C16H32O4Si/c1-13(17)18-12-14-16(5,20-14)10-8-9-11-19-21(6,7)15(2,3)4/h14H,8-12H2,1-7H3/t14-,16-/m0/s1. The molecule has 1 heterocycles. The summed E-state index contributed by atoms with van der Waals surface area (Å²) in [5.74, 6) is -0.240. The van der Waals surface area contributed by atoms with Gasteiger partial charge in [0, 0.05) is 13.5 Å². The largest absolute Gasteiger partial charge is 0.463 e. The first-order chi connectivity index (χ1) is 9.48. The van der Waals surface area contributed by atoms with Gasteiger partial charge in [-0.15, -0.1) is 0 Å². The Morgan fingerprint density at radius 1 is 1.29 bits per heavy atom. The Bertz CT molecular complexity index is 362. The summed E-state index contributed by atoms with van der Waals surface area (Å²) in [6.07, 6.45) is 3.22. The zero-order chi connectivity index (χ0) is 16.3. The molecule has 1 rings (SSSR count).